The SMILES string of the molecule is CN(Cc1ccccc1OC(F)(F)F)C(=O)[C@]1(F)CCNC1. The summed E-state index contributed by atoms with van der Waals surface area (Å²) in [6.07, 6.45) is -4.77. The van der Waals surface area contributed by atoms with E-state index >= 15 is 0 Å². The van der Waals surface area contributed by atoms with E-state index in [9.17, 15) is 22.4 Å². The monoisotopic (exact) mass is 320 g/mol. The lowest BCUT2D eigenvalue weighted by Crippen LogP contribution is -2.45. The van der Waals surface area contributed by atoms with Crippen molar-refractivity contribution in [2.24, 2.45) is 0 Å². The number of amides is 1. The Balaban J connectivity index is 2.11. The molecule has 8 heteroatoms. The van der Waals surface area contributed by atoms with Crippen LogP contribution in [0.5, 0.6) is 5.75 Å². The maximum atomic E-state index is 14.4. The van der Waals surface area contributed by atoms with E-state index in [0.29, 0.717) is 6.54 Å². The number of ether oxygens (including phenoxy) is 1. The van der Waals surface area contributed by atoms with Crippen LogP contribution in [-0.2, 0) is 11.3 Å². The second kappa shape index (κ2) is 6.12. The van der Waals surface area contributed by atoms with Crippen molar-refractivity contribution in [2.75, 3.05) is 20.1 Å². The number of halogens is 4. The van der Waals surface area contributed by atoms with Crippen molar-refractivity contribution in [3.05, 3.63) is 29.8 Å². The van der Waals surface area contributed by atoms with Gasteiger partial charge in [0.15, 0.2) is 0 Å². The fraction of sp³-hybridized carbons (Fsp3) is 0.500. The molecule has 0 aliphatic carbocycles. The average Bonchev–Trinajstić information content (AvgIpc) is 2.86. The maximum absolute atomic E-state index is 14.4. The first-order chi connectivity index (χ1) is 10.2. The number of nitrogens with zero attached hydrogens (tertiary/aromatic N) is 1. The number of nitrogens with one attached hydrogen (secondary N) is 1. The highest BCUT2D eigenvalue weighted by atomic mass is 19.4. The summed E-state index contributed by atoms with van der Waals surface area (Å²) in [5.41, 5.74) is -1.85. The normalized spacial score (nSPS) is 21.7. The Morgan fingerprint density at radius 3 is 2.68 bits per heavy atom. The van der Waals surface area contributed by atoms with Gasteiger partial charge in [0.25, 0.3) is 5.91 Å². The summed E-state index contributed by atoms with van der Waals surface area (Å²) >= 11 is 0. The van der Waals surface area contributed by atoms with Gasteiger partial charge in [-0.15, -0.1) is 13.2 Å². The number of benzene rings is 1. The van der Waals surface area contributed by atoms with E-state index in [1.54, 1.807) is 0 Å². The lowest BCUT2D eigenvalue weighted by Gasteiger charge is -2.26. The Bertz CT molecular complexity index is 542. The third kappa shape index (κ3) is 3.88. The minimum atomic E-state index is -4.82. The standard InChI is InChI=1S/C14H16F4N2O2/c1-20(12(21)13(15)6-7-19-9-13)8-10-4-2-3-5-11(10)22-14(16,17)18/h2-5,19H,6-9H2,1H3/t13-/m0/s1. The third-order valence-electron chi connectivity index (χ3n) is 3.44. The number of para-hydroxylation sites is 1. The number of hydrogen-bond donors (Lipinski definition) is 1. The molecule has 0 aromatic heterocycles. The Morgan fingerprint density at radius 1 is 1.41 bits per heavy atom. The first kappa shape index (κ1) is 16.5. The minimum Gasteiger partial charge on any atom is -0.405 e. The molecule has 1 heterocycles. The molecule has 0 saturated carbocycles. The second-order valence-electron chi connectivity index (χ2n) is 5.21. The second-order valence-corrected chi connectivity index (χ2v) is 5.21. The molecule has 122 valence electrons. The highest BCUT2D eigenvalue weighted by Gasteiger charge is 2.43. The van der Waals surface area contributed by atoms with Crippen LogP contribution < -0.4 is 10.1 Å². The Hall–Kier alpha value is -1.83. The Morgan fingerprint density at radius 2 is 2.09 bits per heavy atom. The fourth-order valence-corrected chi connectivity index (χ4v) is 2.37. The molecule has 22 heavy (non-hydrogen) atoms. The summed E-state index contributed by atoms with van der Waals surface area (Å²) in [7, 11) is 1.35. The molecular formula is C14H16F4N2O2. The molecule has 0 radical (unpaired) electrons. The van der Waals surface area contributed by atoms with Gasteiger partial charge in [-0.25, -0.2) is 4.39 Å². The smallest absolute Gasteiger partial charge is 0.405 e. The maximum Gasteiger partial charge on any atom is 0.573 e. The van der Waals surface area contributed by atoms with Gasteiger partial charge in [0.05, 0.1) is 0 Å². The van der Waals surface area contributed by atoms with Crippen molar-refractivity contribution in [3.63, 3.8) is 0 Å². The molecule has 1 fully saturated rings. The summed E-state index contributed by atoms with van der Waals surface area (Å²) in [5.74, 6) is -1.15. The highest BCUT2D eigenvalue weighted by Crippen LogP contribution is 2.28. The molecule has 1 aromatic carbocycles. The highest BCUT2D eigenvalue weighted by molar-refractivity contribution is 5.85. The van der Waals surface area contributed by atoms with Crippen LogP contribution in [0.1, 0.15) is 12.0 Å². The van der Waals surface area contributed by atoms with Crippen molar-refractivity contribution < 1.29 is 27.1 Å². The summed E-state index contributed by atoms with van der Waals surface area (Å²) in [6, 6.07) is 5.48. The van der Waals surface area contributed by atoms with Gasteiger partial charge in [-0.3, -0.25) is 4.79 Å². The summed E-state index contributed by atoms with van der Waals surface area (Å²) in [6.45, 7) is 0.136. The Kier molecular flexibility index (Phi) is 4.60. The Labute approximate surface area is 125 Å². The summed E-state index contributed by atoms with van der Waals surface area (Å²) < 4.78 is 55.3. The third-order valence-corrected chi connectivity index (χ3v) is 3.44. The van der Waals surface area contributed by atoms with E-state index in [1.165, 1.54) is 25.2 Å². The number of rotatable bonds is 4. The van der Waals surface area contributed by atoms with E-state index < -0.39 is 23.7 Å². The van der Waals surface area contributed by atoms with Gasteiger partial charge in [-0.2, -0.15) is 0 Å². The molecule has 1 aromatic rings. The quantitative estimate of drug-likeness (QED) is 0.865. The molecule has 4 nitrogen and oxygen atoms in total. The fourth-order valence-electron chi connectivity index (χ4n) is 2.37. The zero-order chi connectivity index (χ0) is 16.4. The predicted octanol–water partition coefficient (Wildman–Crippen LogP) is 2.25. The number of hydrogen-bond acceptors (Lipinski definition) is 3. The van der Waals surface area contributed by atoms with E-state index in [1.807, 2.05) is 0 Å². The van der Waals surface area contributed by atoms with Crippen molar-refractivity contribution >= 4 is 5.91 Å². The predicted molar refractivity (Wildman–Crippen MR) is 70.9 cm³/mol. The van der Waals surface area contributed by atoms with Crippen molar-refractivity contribution in [1.29, 1.82) is 0 Å². The molecule has 1 aliphatic rings. The van der Waals surface area contributed by atoms with E-state index in [-0.39, 0.29) is 25.1 Å². The molecule has 2 rings (SSSR count). The van der Waals surface area contributed by atoms with Crippen LogP contribution in [0, 0.1) is 0 Å². The average molecular weight is 320 g/mol. The van der Waals surface area contributed by atoms with Gasteiger partial charge in [-0.05, 0) is 12.6 Å². The molecule has 1 amide bonds. The van der Waals surface area contributed by atoms with Gasteiger partial charge in [0, 0.05) is 32.1 Å². The zero-order valence-electron chi connectivity index (χ0n) is 11.9. The molecule has 1 aliphatic heterocycles. The van der Waals surface area contributed by atoms with Crippen LogP contribution in [-0.4, -0.2) is 43.0 Å². The summed E-state index contributed by atoms with van der Waals surface area (Å²) in [4.78, 5) is 13.2. The van der Waals surface area contributed by atoms with Crippen LogP contribution in [0.15, 0.2) is 24.3 Å². The van der Waals surface area contributed by atoms with Crippen LogP contribution in [0.4, 0.5) is 17.6 Å². The first-order valence-electron chi connectivity index (χ1n) is 6.70. The topological polar surface area (TPSA) is 41.6 Å². The van der Waals surface area contributed by atoms with E-state index in [0.717, 1.165) is 11.0 Å². The van der Waals surface area contributed by atoms with Gasteiger partial charge in [-0.1, -0.05) is 18.2 Å². The summed E-state index contributed by atoms with van der Waals surface area (Å²) in [5, 5.41) is 2.76. The lowest BCUT2D eigenvalue weighted by atomic mass is 10.0. The first-order valence-corrected chi connectivity index (χ1v) is 6.70. The molecule has 0 bridgehead atoms. The molecular weight excluding hydrogens is 304 g/mol. The minimum absolute atomic E-state index is 0.0525. The van der Waals surface area contributed by atoms with Crippen LogP contribution in [0.3, 0.4) is 0 Å². The van der Waals surface area contributed by atoms with Crippen molar-refractivity contribution in [1.82, 2.24) is 10.2 Å². The number of carbonyl (C=O) groups excluding carboxylic acids is 1. The molecule has 0 unspecified atom stereocenters. The molecule has 1 saturated heterocycles. The van der Waals surface area contributed by atoms with E-state index in [2.05, 4.69) is 10.1 Å². The largest absolute Gasteiger partial charge is 0.573 e. The number of alkyl halides is 4. The molecule has 0 spiro atoms. The van der Waals surface area contributed by atoms with Gasteiger partial charge >= 0.3 is 6.36 Å². The van der Waals surface area contributed by atoms with Gasteiger partial charge < -0.3 is 15.0 Å². The van der Waals surface area contributed by atoms with Gasteiger partial charge in [0.1, 0.15) is 5.75 Å². The lowest BCUT2D eigenvalue weighted by molar-refractivity contribution is -0.275. The van der Waals surface area contributed by atoms with Crippen LogP contribution in [0.25, 0.3) is 0 Å². The molecule has 1 N–H and O–H groups in total. The number of carbonyl (C=O) groups is 1. The van der Waals surface area contributed by atoms with Gasteiger partial charge in [0.2, 0.25) is 5.67 Å². The van der Waals surface area contributed by atoms with Crippen molar-refractivity contribution in [2.45, 2.75) is 25.0 Å². The molecule has 1 atom stereocenters. The van der Waals surface area contributed by atoms with Crippen molar-refractivity contribution in [3.8, 4) is 5.75 Å². The van der Waals surface area contributed by atoms with E-state index in [4.69, 9.17) is 0 Å². The zero-order valence-corrected chi connectivity index (χ0v) is 11.9. The van der Waals surface area contributed by atoms with Crippen LogP contribution in [0.2, 0.25) is 0 Å². The van der Waals surface area contributed by atoms with Crippen LogP contribution >= 0.6 is 0 Å².